The maximum atomic E-state index is 13.1. The lowest BCUT2D eigenvalue weighted by molar-refractivity contribution is 0.107. The van der Waals surface area contributed by atoms with Gasteiger partial charge in [0, 0.05) is 0 Å². The highest BCUT2D eigenvalue weighted by molar-refractivity contribution is 9.10. The molecule has 0 unspecified atom stereocenters. The predicted octanol–water partition coefficient (Wildman–Crippen LogP) is 3.11. The van der Waals surface area contributed by atoms with Crippen LogP contribution in [0.5, 0.6) is 5.75 Å². The standard InChI is InChI=1S/C8H4BrClF2O2/c1-14-7-3(9)2-4(11)6(12)5(7)8(10)13/h2H,1H3. The topological polar surface area (TPSA) is 26.3 Å². The summed E-state index contributed by atoms with van der Waals surface area (Å²) in [4.78, 5) is 10.8. The number of carbonyl (C=O) groups excluding carboxylic acids is 1. The van der Waals surface area contributed by atoms with Crippen molar-refractivity contribution >= 4 is 32.8 Å². The van der Waals surface area contributed by atoms with Crippen LogP contribution in [-0.4, -0.2) is 12.4 Å². The van der Waals surface area contributed by atoms with Crippen LogP contribution in [0.1, 0.15) is 10.4 Å². The third-order valence-electron chi connectivity index (χ3n) is 1.53. The van der Waals surface area contributed by atoms with Crippen molar-refractivity contribution in [2.75, 3.05) is 7.11 Å². The first-order chi connectivity index (χ1) is 6.49. The van der Waals surface area contributed by atoms with E-state index in [-0.39, 0.29) is 10.2 Å². The molecule has 0 radical (unpaired) electrons. The minimum Gasteiger partial charge on any atom is -0.495 e. The van der Waals surface area contributed by atoms with Crippen molar-refractivity contribution < 1.29 is 18.3 Å². The molecule has 0 fully saturated rings. The Morgan fingerprint density at radius 2 is 2.14 bits per heavy atom. The molecule has 1 aromatic carbocycles. The maximum absolute atomic E-state index is 13.1. The lowest BCUT2D eigenvalue weighted by atomic mass is 10.2. The van der Waals surface area contributed by atoms with Crippen molar-refractivity contribution in [2.24, 2.45) is 0 Å². The molecule has 0 saturated heterocycles. The molecular weight excluding hydrogens is 281 g/mol. The summed E-state index contributed by atoms with van der Waals surface area (Å²) < 4.78 is 30.8. The van der Waals surface area contributed by atoms with E-state index in [2.05, 4.69) is 15.9 Å². The quantitative estimate of drug-likeness (QED) is 0.616. The van der Waals surface area contributed by atoms with Crippen LogP contribution in [0.3, 0.4) is 0 Å². The van der Waals surface area contributed by atoms with Crippen molar-refractivity contribution in [2.45, 2.75) is 0 Å². The zero-order valence-corrected chi connectivity index (χ0v) is 9.25. The maximum Gasteiger partial charge on any atom is 0.259 e. The molecular formula is C8H4BrClF2O2. The Labute approximate surface area is 91.9 Å². The normalized spacial score (nSPS) is 10.1. The molecule has 0 aromatic heterocycles. The van der Waals surface area contributed by atoms with E-state index in [4.69, 9.17) is 16.3 Å². The fraction of sp³-hybridized carbons (Fsp3) is 0.125. The molecule has 0 saturated carbocycles. The summed E-state index contributed by atoms with van der Waals surface area (Å²) in [5.74, 6) is -2.60. The number of methoxy groups -OCH3 is 1. The van der Waals surface area contributed by atoms with Gasteiger partial charge < -0.3 is 4.74 Å². The van der Waals surface area contributed by atoms with Gasteiger partial charge in [0.2, 0.25) is 0 Å². The fourth-order valence-electron chi connectivity index (χ4n) is 0.954. The van der Waals surface area contributed by atoms with Gasteiger partial charge in [-0.1, -0.05) is 0 Å². The molecule has 0 atom stereocenters. The summed E-state index contributed by atoms with van der Waals surface area (Å²) in [6.45, 7) is 0. The molecule has 2 nitrogen and oxygen atoms in total. The van der Waals surface area contributed by atoms with Gasteiger partial charge in [-0.3, -0.25) is 4.79 Å². The number of rotatable bonds is 2. The van der Waals surface area contributed by atoms with Gasteiger partial charge in [-0.25, -0.2) is 8.78 Å². The molecule has 14 heavy (non-hydrogen) atoms. The van der Waals surface area contributed by atoms with E-state index in [9.17, 15) is 13.6 Å². The number of hydrogen-bond acceptors (Lipinski definition) is 2. The molecule has 76 valence electrons. The first-order valence-corrected chi connectivity index (χ1v) is 4.57. The van der Waals surface area contributed by atoms with Gasteiger partial charge in [-0.2, -0.15) is 0 Å². The van der Waals surface area contributed by atoms with Crippen LogP contribution in [0.15, 0.2) is 10.5 Å². The van der Waals surface area contributed by atoms with Crippen LogP contribution in [0.4, 0.5) is 8.78 Å². The second-order valence-electron chi connectivity index (χ2n) is 2.34. The largest absolute Gasteiger partial charge is 0.495 e. The Kier molecular flexibility index (Phi) is 3.44. The molecule has 1 rings (SSSR count). The number of halogens is 4. The third kappa shape index (κ3) is 1.88. The summed E-state index contributed by atoms with van der Waals surface area (Å²) in [7, 11) is 1.22. The Morgan fingerprint density at radius 1 is 1.57 bits per heavy atom. The Morgan fingerprint density at radius 3 is 2.57 bits per heavy atom. The van der Waals surface area contributed by atoms with Crippen LogP contribution >= 0.6 is 27.5 Å². The van der Waals surface area contributed by atoms with E-state index in [0.29, 0.717) is 0 Å². The second kappa shape index (κ2) is 4.23. The Bertz CT molecular complexity index is 395. The van der Waals surface area contributed by atoms with Gasteiger partial charge in [0.1, 0.15) is 11.3 Å². The van der Waals surface area contributed by atoms with Crippen molar-refractivity contribution in [3.05, 3.63) is 27.7 Å². The monoisotopic (exact) mass is 284 g/mol. The molecule has 0 spiro atoms. The molecule has 0 aliphatic rings. The van der Waals surface area contributed by atoms with Gasteiger partial charge in [-0.05, 0) is 33.6 Å². The van der Waals surface area contributed by atoms with Crippen molar-refractivity contribution in [1.82, 2.24) is 0 Å². The zero-order chi connectivity index (χ0) is 10.9. The van der Waals surface area contributed by atoms with Crippen LogP contribution in [0, 0.1) is 11.6 Å². The Balaban J connectivity index is 3.56. The van der Waals surface area contributed by atoms with E-state index in [0.717, 1.165) is 6.07 Å². The van der Waals surface area contributed by atoms with E-state index < -0.39 is 22.4 Å². The van der Waals surface area contributed by atoms with Crippen molar-refractivity contribution in [3.63, 3.8) is 0 Å². The van der Waals surface area contributed by atoms with Gasteiger partial charge in [0.25, 0.3) is 5.24 Å². The molecule has 0 aliphatic carbocycles. The minimum atomic E-state index is -1.31. The van der Waals surface area contributed by atoms with E-state index in [1.807, 2.05) is 0 Å². The summed E-state index contributed by atoms with van der Waals surface area (Å²) >= 11 is 8.01. The smallest absolute Gasteiger partial charge is 0.259 e. The summed E-state index contributed by atoms with van der Waals surface area (Å²) in [5.41, 5.74) is -0.610. The first-order valence-electron chi connectivity index (χ1n) is 3.40. The average Bonchev–Trinajstić information content (AvgIpc) is 2.10. The van der Waals surface area contributed by atoms with Gasteiger partial charge in [0.05, 0.1) is 11.6 Å². The molecule has 0 aliphatic heterocycles. The van der Waals surface area contributed by atoms with Gasteiger partial charge >= 0.3 is 0 Å². The lowest BCUT2D eigenvalue weighted by Crippen LogP contribution is -2.03. The van der Waals surface area contributed by atoms with Gasteiger partial charge in [-0.15, -0.1) is 0 Å². The van der Waals surface area contributed by atoms with Crippen LogP contribution in [0.25, 0.3) is 0 Å². The highest BCUT2D eigenvalue weighted by Crippen LogP contribution is 2.33. The first kappa shape index (κ1) is 11.4. The van der Waals surface area contributed by atoms with Crippen LogP contribution < -0.4 is 4.74 Å². The van der Waals surface area contributed by atoms with E-state index in [1.165, 1.54) is 7.11 Å². The lowest BCUT2D eigenvalue weighted by Gasteiger charge is -2.08. The van der Waals surface area contributed by atoms with Crippen LogP contribution in [-0.2, 0) is 0 Å². The fourth-order valence-corrected chi connectivity index (χ4v) is 1.68. The highest BCUT2D eigenvalue weighted by atomic mass is 79.9. The highest BCUT2D eigenvalue weighted by Gasteiger charge is 2.22. The molecule has 1 aromatic rings. The Hall–Kier alpha value is -0.680. The molecule has 0 heterocycles. The predicted molar refractivity (Wildman–Crippen MR) is 50.8 cm³/mol. The van der Waals surface area contributed by atoms with Crippen molar-refractivity contribution in [1.29, 1.82) is 0 Å². The molecule has 0 amide bonds. The summed E-state index contributed by atoms with van der Waals surface area (Å²) in [6.07, 6.45) is 0. The molecule has 0 bridgehead atoms. The summed E-state index contributed by atoms with van der Waals surface area (Å²) in [6, 6.07) is 0.859. The number of ether oxygens (including phenoxy) is 1. The van der Waals surface area contributed by atoms with E-state index >= 15 is 0 Å². The third-order valence-corrected chi connectivity index (χ3v) is 2.31. The van der Waals surface area contributed by atoms with E-state index in [1.54, 1.807) is 0 Å². The minimum absolute atomic E-state index is 0.121. The average molecular weight is 285 g/mol. The van der Waals surface area contributed by atoms with Crippen LogP contribution in [0.2, 0.25) is 0 Å². The van der Waals surface area contributed by atoms with Crippen molar-refractivity contribution in [3.8, 4) is 5.75 Å². The number of benzene rings is 1. The number of carbonyl (C=O) groups is 1. The second-order valence-corrected chi connectivity index (χ2v) is 3.53. The molecule has 0 N–H and O–H groups in total. The van der Waals surface area contributed by atoms with Gasteiger partial charge in [0.15, 0.2) is 11.6 Å². The summed E-state index contributed by atoms with van der Waals surface area (Å²) in [5, 5.41) is -1.11. The number of hydrogen-bond donors (Lipinski definition) is 0. The zero-order valence-electron chi connectivity index (χ0n) is 6.91. The molecule has 6 heteroatoms. The SMILES string of the molecule is COc1c(Br)cc(F)c(F)c1C(=O)Cl.